The lowest BCUT2D eigenvalue weighted by atomic mass is 9.56. The minimum atomic E-state index is -0.475. The molecule has 1 atom stereocenters. The molecule has 5 nitrogen and oxygen atoms in total. The highest BCUT2D eigenvalue weighted by molar-refractivity contribution is 5.80. The van der Waals surface area contributed by atoms with Crippen molar-refractivity contribution in [2.45, 2.75) is 51.4 Å². The average Bonchev–Trinajstić information content (AvgIpc) is 3.07. The molecule has 1 N–H and O–H groups in total. The van der Waals surface area contributed by atoms with E-state index in [1.807, 2.05) is 11.8 Å². The summed E-state index contributed by atoms with van der Waals surface area (Å²) >= 11 is 0. The first-order chi connectivity index (χ1) is 13.0. The van der Waals surface area contributed by atoms with Crippen LogP contribution in [-0.2, 0) is 22.4 Å². The Morgan fingerprint density at radius 1 is 1.26 bits per heavy atom. The normalized spacial score (nSPS) is 21.2. The van der Waals surface area contributed by atoms with Crippen molar-refractivity contribution in [2.24, 2.45) is 11.3 Å². The molecule has 0 aromatic heterocycles. The molecule has 3 aliphatic rings. The predicted octanol–water partition coefficient (Wildman–Crippen LogP) is 3.26. The number of hydrogen-bond acceptors (Lipinski definition) is 3. The fourth-order valence-electron chi connectivity index (χ4n) is 5.19. The summed E-state index contributed by atoms with van der Waals surface area (Å²) in [6.07, 6.45) is 6.43. The summed E-state index contributed by atoms with van der Waals surface area (Å²) in [5, 5.41) is 2.66. The number of aryl methyl sites for hydroxylation is 2. The molecule has 1 saturated carbocycles. The number of methoxy groups -OCH3 is 1. The largest absolute Gasteiger partial charge is 0.453 e. The van der Waals surface area contributed by atoms with E-state index < -0.39 is 6.09 Å². The molecule has 1 aromatic rings. The third-order valence-corrected chi connectivity index (χ3v) is 6.84. The maximum Gasteiger partial charge on any atom is 0.406 e. The summed E-state index contributed by atoms with van der Waals surface area (Å²) in [5.41, 5.74) is 4.94. The van der Waals surface area contributed by atoms with Crippen LogP contribution in [0.2, 0.25) is 0 Å². The first-order valence-corrected chi connectivity index (χ1v) is 10.3. The van der Waals surface area contributed by atoms with Crippen LogP contribution in [0.4, 0.5) is 4.79 Å². The second kappa shape index (κ2) is 7.17. The summed E-state index contributed by atoms with van der Waals surface area (Å²) in [5.74, 6) is 0.672. The van der Waals surface area contributed by atoms with Gasteiger partial charge >= 0.3 is 6.09 Å². The van der Waals surface area contributed by atoms with Gasteiger partial charge in [0.2, 0.25) is 5.91 Å². The van der Waals surface area contributed by atoms with Gasteiger partial charge in [-0.05, 0) is 61.1 Å². The fraction of sp³-hybridized carbons (Fsp3) is 0.636. The van der Waals surface area contributed by atoms with Gasteiger partial charge in [-0.1, -0.05) is 25.1 Å². The zero-order chi connectivity index (χ0) is 19.0. The molecule has 0 radical (unpaired) electrons. The summed E-state index contributed by atoms with van der Waals surface area (Å²) in [6.45, 7) is 4.09. The van der Waals surface area contributed by atoms with E-state index in [9.17, 15) is 9.59 Å². The SMILES string of the molecule is CCC(CNC(=O)OC)C(=O)N1CC2(CC(c3ccc4c(c3)CCC4)C2)C1. The van der Waals surface area contributed by atoms with Crippen LogP contribution in [0.5, 0.6) is 0 Å². The van der Waals surface area contributed by atoms with Gasteiger partial charge in [0, 0.05) is 25.0 Å². The number of nitrogens with zero attached hydrogens (tertiary/aromatic N) is 1. The van der Waals surface area contributed by atoms with E-state index in [0.29, 0.717) is 17.9 Å². The lowest BCUT2D eigenvalue weighted by Crippen LogP contribution is -2.64. The zero-order valence-electron chi connectivity index (χ0n) is 16.4. The highest BCUT2D eigenvalue weighted by Crippen LogP contribution is 2.56. The number of likely N-dealkylation sites (tertiary alicyclic amines) is 1. The molecule has 2 amide bonds. The topological polar surface area (TPSA) is 58.6 Å². The molecular weight excluding hydrogens is 340 g/mol. The monoisotopic (exact) mass is 370 g/mol. The van der Waals surface area contributed by atoms with E-state index in [1.165, 1.54) is 44.8 Å². The number of hydrogen-bond donors (Lipinski definition) is 1. The van der Waals surface area contributed by atoms with Crippen molar-refractivity contribution in [3.63, 3.8) is 0 Å². The van der Waals surface area contributed by atoms with Crippen LogP contribution < -0.4 is 5.32 Å². The Kier molecular flexibility index (Phi) is 4.87. The number of rotatable bonds is 5. The van der Waals surface area contributed by atoms with Crippen molar-refractivity contribution in [2.75, 3.05) is 26.7 Å². The first kappa shape index (κ1) is 18.3. The maximum absolute atomic E-state index is 12.7. The Hall–Kier alpha value is -2.04. The Morgan fingerprint density at radius 2 is 2.00 bits per heavy atom. The van der Waals surface area contributed by atoms with Crippen molar-refractivity contribution in [3.8, 4) is 0 Å². The minimum absolute atomic E-state index is 0.158. The van der Waals surface area contributed by atoms with Gasteiger partial charge in [0.05, 0.1) is 13.0 Å². The van der Waals surface area contributed by atoms with E-state index in [4.69, 9.17) is 0 Å². The van der Waals surface area contributed by atoms with Crippen molar-refractivity contribution < 1.29 is 14.3 Å². The van der Waals surface area contributed by atoms with Gasteiger partial charge in [0.1, 0.15) is 0 Å². The molecule has 1 unspecified atom stereocenters. The van der Waals surface area contributed by atoms with Crippen molar-refractivity contribution in [1.82, 2.24) is 10.2 Å². The number of carbonyl (C=O) groups is 2. The van der Waals surface area contributed by atoms with Crippen molar-refractivity contribution in [1.29, 1.82) is 0 Å². The molecular formula is C22H30N2O3. The molecule has 0 bridgehead atoms. The van der Waals surface area contributed by atoms with Gasteiger partial charge in [-0.15, -0.1) is 0 Å². The van der Waals surface area contributed by atoms with Crippen molar-refractivity contribution in [3.05, 3.63) is 34.9 Å². The third kappa shape index (κ3) is 3.44. The second-order valence-corrected chi connectivity index (χ2v) is 8.66. The Bertz CT molecular complexity index is 731. The van der Waals surface area contributed by atoms with Gasteiger partial charge in [0.15, 0.2) is 0 Å². The molecule has 1 saturated heterocycles. The Morgan fingerprint density at radius 3 is 2.70 bits per heavy atom. The van der Waals surface area contributed by atoms with E-state index >= 15 is 0 Å². The third-order valence-electron chi connectivity index (χ3n) is 6.84. The fourth-order valence-corrected chi connectivity index (χ4v) is 5.19. The van der Waals surface area contributed by atoms with E-state index in [2.05, 4.69) is 28.3 Å². The highest BCUT2D eigenvalue weighted by atomic mass is 16.5. The quantitative estimate of drug-likeness (QED) is 0.865. The molecule has 2 fully saturated rings. The highest BCUT2D eigenvalue weighted by Gasteiger charge is 2.54. The number of nitrogens with one attached hydrogen (secondary N) is 1. The lowest BCUT2D eigenvalue weighted by molar-refractivity contribution is -0.155. The number of carbonyl (C=O) groups excluding carboxylic acids is 2. The van der Waals surface area contributed by atoms with Crippen LogP contribution >= 0.6 is 0 Å². The minimum Gasteiger partial charge on any atom is -0.453 e. The van der Waals surface area contributed by atoms with Gasteiger partial charge in [0.25, 0.3) is 0 Å². The van der Waals surface area contributed by atoms with Gasteiger partial charge in [-0.25, -0.2) is 4.79 Å². The smallest absolute Gasteiger partial charge is 0.406 e. The molecule has 1 aliphatic heterocycles. The number of ether oxygens (including phenoxy) is 1. The van der Waals surface area contributed by atoms with Crippen LogP contribution in [0.3, 0.4) is 0 Å². The average molecular weight is 370 g/mol. The summed E-state index contributed by atoms with van der Waals surface area (Å²) in [7, 11) is 1.34. The lowest BCUT2D eigenvalue weighted by Gasteiger charge is -2.59. The molecule has 1 spiro atoms. The number of benzene rings is 1. The van der Waals surface area contributed by atoms with Crippen LogP contribution in [0.1, 0.15) is 55.2 Å². The van der Waals surface area contributed by atoms with Gasteiger partial charge < -0.3 is 15.0 Å². The van der Waals surface area contributed by atoms with E-state index in [0.717, 1.165) is 19.5 Å². The second-order valence-electron chi connectivity index (χ2n) is 8.66. The summed E-state index contributed by atoms with van der Waals surface area (Å²) < 4.78 is 4.59. The molecule has 5 heteroatoms. The molecule has 27 heavy (non-hydrogen) atoms. The Labute approximate surface area is 161 Å². The van der Waals surface area contributed by atoms with E-state index in [1.54, 1.807) is 11.1 Å². The summed E-state index contributed by atoms with van der Waals surface area (Å²) in [4.78, 5) is 25.9. The Balaban J connectivity index is 1.27. The van der Waals surface area contributed by atoms with E-state index in [-0.39, 0.29) is 11.8 Å². The van der Waals surface area contributed by atoms with Gasteiger partial charge in [-0.3, -0.25) is 4.79 Å². The van der Waals surface area contributed by atoms with Crippen LogP contribution in [0.15, 0.2) is 18.2 Å². The van der Waals surface area contributed by atoms with Crippen LogP contribution in [0.25, 0.3) is 0 Å². The maximum atomic E-state index is 12.7. The molecule has 4 rings (SSSR count). The van der Waals surface area contributed by atoms with Crippen LogP contribution in [0, 0.1) is 11.3 Å². The number of fused-ring (bicyclic) bond motifs is 1. The van der Waals surface area contributed by atoms with Crippen molar-refractivity contribution >= 4 is 12.0 Å². The van der Waals surface area contributed by atoms with Gasteiger partial charge in [-0.2, -0.15) is 0 Å². The number of alkyl carbamates (subject to hydrolysis) is 1. The standard InChI is InChI=1S/C22H30N2O3/c1-3-15(12-23-21(26)27-2)20(25)24-13-22(14-24)10-19(11-22)18-8-7-16-5-4-6-17(16)9-18/h7-9,15,19H,3-6,10-14H2,1-2H3,(H,23,26). The predicted molar refractivity (Wildman–Crippen MR) is 104 cm³/mol. The zero-order valence-corrected chi connectivity index (χ0v) is 16.4. The van der Waals surface area contributed by atoms with Crippen LogP contribution in [-0.4, -0.2) is 43.6 Å². The molecule has 1 aromatic carbocycles. The first-order valence-electron chi connectivity index (χ1n) is 10.3. The molecule has 1 heterocycles. The summed E-state index contributed by atoms with van der Waals surface area (Å²) in [6, 6.07) is 7.10. The molecule has 2 aliphatic carbocycles. The molecule has 146 valence electrons. The number of amides is 2.